The first kappa shape index (κ1) is 15.0. The Morgan fingerprint density at radius 2 is 2.00 bits per heavy atom. The van der Waals surface area contributed by atoms with E-state index in [1.165, 1.54) is 0 Å². The first-order chi connectivity index (χ1) is 8.85. The van der Waals surface area contributed by atoms with Gasteiger partial charge in [-0.2, -0.15) is 10.5 Å². The zero-order valence-corrected chi connectivity index (χ0v) is 11.6. The summed E-state index contributed by atoms with van der Waals surface area (Å²) in [5.41, 5.74) is -0.402. The number of likely N-dealkylation sites (tertiary alicyclic amines) is 1. The molecule has 1 amide bonds. The van der Waals surface area contributed by atoms with Crippen molar-refractivity contribution in [3.8, 4) is 12.1 Å². The number of amides is 1. The molecule has 19 heavy (non-hydrogen) atoms. The molecule has 1 unspecified atom stereocenters. The van der Waals surface area contributed by atoms with E-state index < -0.39 is 5.60 Å². The quantitative estimate of drug-likeness (QED) is 0.680. The number of piperidine rings is 1. The Kier molecular flexibility index (Phi) is 4.94. The van der Waals surface area contributed by atoms with Gasteiger partial charge >= 0.3 is 6.09 Å². The molecule has 1 atom stereocenters. The fraction of sp³-hybridized carbons (Fsp3) is 0.643. The number of hydrogen-bond donors (Lipinski definition) is 0. The fourth-order valence-electron chi connectivity index (χ4n) is 1.97. The summed E-state index contributed by atoms with van der Waals surface area (Å²) in [6.45, 7) is 6.65. The lowest BCUT2D eigenvalue weighted by Crippen LogP contribution is -2.42. The summed E-state index contributed by atoms with van der Waals surface area (Å²) < 4.78 is 5.32. The third-order valence-corrected chi connectivity index (χ3v) is 2.75. The number of ether oxygens (including phenoxy) is 1. The number of allylic oxidation sites excluding steroid dienone is 1. The van der Waals surface area contributed by atoms with Crippen molar-refractivity contribution in [2.24, 2.45) is 5.92 Å². The van der Waals surface area contributed by atoms with Crippen LogP contribution in [0.4, 0.5) is 4.79 Å². The van der Waals surface area contributed by atoms with Crippen LogP contribution in [0.1, 0.15) is 33.6 Å². The van der Waals surface area contributed by atoms with Gasteiger partial charge < -0.3 is 9.64 Å². The number of nitrogens with zero attached hydrogens (tertiary/aromatic N) is 3. The van der Waals surface area contributed by atoms with E-state index in [1.807, 2.05) is 32.9 Å². The van der Waals surface area contributed by atoms with Crippen molar-refractivity contribution in [3.63, 3.8) is 0 Å². The molecule has 1 aliphatic rings. The minimum Gasteiger partial charge on any atom is -0.444 e. The van der Waals surface area contributed by atoms with Gasteiger partial charge in [0.05, 0.1) is 0 Å². The monoisotopic (exact) mass is 261 g/mol. The summed E-state index contributed by atoms with van der Waals surface area (Å²) in [6, 6.07) is 3.69. The molecule has 0 spiro atoms. The Labute approximate surface area is 114 Å². The maximum atomic E-state index is 11.9. The molecule has 102 valence electrons. The second-order valence-electron chi connectivity index (χ2n) is 5.63. The van der Waals surface area contributed by atoms with Crippen LogP contribution in [0, 0.1) is 28.6 Å². The van der Waals surface area contributed by atoms with Crippen molar-refractivity contribution < 1.29 is 9.53 Å². The summed E-state index contributed by atoms with van der Waals surface area (Å²) >= 11 is 0. The van der Waals surface area contributed by atoms with E-state index >= 15 is 0 Å². The second kappa shape index (κ2) is 6.24. The van der Waals surface area contributed by atoms with Gasteiger partial charge in [-0.05, 0) is 39.5 Å². The SMILES string of the molecule is CC(C)(C)OC(=O)N1CCCC(C=C(C#N)C#N)C1. The van der Waals surface area contributed by atoms with E-state index in [0.29, 0.717) is 13.1 Å². The van der Waals surface area contributed by atoms with Crippen LogP contribution in [0.25, 0.3) is 0 Å². The third-order valence-electron chi connectivity index (χ3n) is 2.75. The largest absolute Gasteiger partial charge is 0.444 e. The van der Waals surface area contributed by atoms with E-state index in [-0.39, 0.29) is 17.6 Å². The molecule has 0 aliphatic carbocycles. The van der Waals surface area contributed by atoms with Crippen LogP contribution >= 0.6 is 0 Å². The van der Waals surface area contributed by atoms with Crippen LogP contribution in [0.2, 0.25) is 0 Å². The Hall–Kier alpha value is -2.01. The van der Waals surface area contributed by atoms with Crippen LogP contribution < -0.4 is 0 Å². The molecular weight excluding hydrogens is 242 g/mol. The normalized spacial score (nSPS) is 19.0. The average molecular weight is 261 g/mol. The molecule has 0 aromatic rings. The predicted octanol–water partition coefficient (Wildman–Crippen LogP) is 2.61. The number of carbonyl (C=O) groups excluding carboxylic acids is 1. The summed E-state index contributed by atoms with van der Waals surface area (Å²) in [5, 5.41) is 17.5. The van der Waals surface area contributed by atoms with Gasteiger partial charge in [-0.25, -0.2) is 4.79 Å². The van der Waals surface area contributed by atoms with Crippen LogP contribution in [0.3, 0.4) is 0 Å². The van der Waals surface area contributed by atoms with Crippen molar-refractivity contribution in [1.82, 2.24) is 4.90 Å². The number of carbonyl (C=O) groups is 1. The topological polar surface area (TPSA) is 77.1 Å². The van der Waals surface area contributed by atoms with Crippen molar-refractivity contribution >= 4 is 6.09 Å². The molecule has 0 saturated carbocycles. The van der Waals surface area contributed by atoms with Gasteiger partial charge in [-0.3, -0.25) is 0 Å². The fourth-order valence-corrected chi connectivity index (χ4v) is 1.97. The van der Waals surface area contributed by atoms with Crippen molar-refractivity contribution in [2.75, 3.05) is 13.1 Å². The highest BCUT2D eigenvalue weighted by molar-refractivity contribution is 5.68. The number of nitriles is 2. The molecule has 5 nitrogen and oxygen atoms in total. The smallest absolute Gasteiger partial charge is 0.410 e. The van der Waals surface area contributed by atoms with E-state index in [4.69, 9.17) is 15.3 Å². The zero-order valence-electron chi connectivity index (χ0n) is 11.6. The zero-order chi connectivity index (χ0) is 14.5. The minimum atomic E-state index is -0.510. The summed E-state index contributed by atoms with van der Waals surface area (Å²) in [6.07, 6.45) is 3.05. The van der Waals surface area contributed by atoms with Gasteiger partial charge in [0.15, 0.2) is 0 Å². The van der Waals surface area contributed by atoms with E-state index in [9.17, 15) is 4.79 Å². The van der Waals surface area contributed by atoms with Gasteiger partial charge in [0.1, 0.15) is 23.3 Å². The first-order valence-corrected chi connectivity index (χ1v) is 6.35. The predicted molar refractivity (Wildman–Crippen MR) is 69.8 cm³/mol. The van der Waals surface area contributed by atoms with Gasteiger partial charge in [-0.1, -0.05) is 6.08 Å². The first-order valence-electron chi connectivity index (χ1n) is 6.35. The maximum absolute atomic E-state index is 11.9. The van der Waals surface area contributed by atoms with Crippen molar-refractivity contribution in [1.29, 1.82) is 10.5 Å². The molecule has 0 aromatic carbocycles. The molecule has 1 heterocycles. The van der Waals surface area contributed by atoms with Crippen molar-refractivity contribution in [3.05, 3.63) is 11.6 Å². The van der Waals surface area contributed by atoms with E-state index in [2.05, 4.69) is 0 Å². The molecule has 0 aromatic heterocycles. The molecule has 5 heteroatoms. The molecular formula is C14H19N3O2. The number of hydrogen-bond acceptors (Lipinski definition) is 4. The second-order valence-corrected chi connectivity index (χ2v) is 5.63. The van der Waals surface area contributed by atoms with Gasteiger partial charge in [0, 0.05) is 13.1 Å². The molecule has 1 saturated heterocycles. The Morgan fingerprint density at radius 1 is 1.37 bits per heavy atom. The highest BCUT2D eigenvalue weighted by atomic mass is 16.6. The third kappa shape index (κ3) is 5.01. The average Bonchev–Trinajstić information content (AvgIpc) is 2.34. The molecule has 1 rings (SSSR count). The van der Waals surface area contributed by atoms with Gasteiger partial charge in [-0.15, -0.1) is 0 Å². The van der Waals surface area contributed by atoms with Crippen LogP contribution in [0.5, 0.6) is 0 Å². The lowest BCUT2D eigenvalue weighted by atomic mass is 9.96. The summed E-state index contributed by atoms with van der Waals surface area (Å²) in [7, 11) is 0. The molecule has 0 N–H and O–H groups in total. The highest BCUT2D eigenvalue weighted by Crippen LogP contribution is 2.21. The van der Waals surface area contributed by atoms with E-state index in [0.717, 1.165) is 12.8 Å². The standard InChI is InChI=1S/C14H19N3O2/c1-14(2,3)19-13(18)17-6-4-5-11(10-17)7-12(8-15)9-16/h7,11H,4-6,10H2,1-3H3. The minimum absolute atomic E-state index is 0.0515. The van der Waals surface area contributed by atoms with Crippen LogP contribution in [0.15, 0.2) is 11.6 Å². The Morgan fingerprint density at radius 3 is 2.53 bits per heavy atom. The molecule has 1 fully saturated rings. The van der Waals surface area contributed by atoms with Gasteiger partial charge in [0.25, 0.3) is 0 Å². The Balaban J connectivity index is 2.66. The summed E-state index contributed by atoms with van der Waals surface area (Å²) in [4.78, 5) is 13.6. The number of rotatable bonds is 1. The van der Waals surface area contributed by atoms with E-state index in [1.54, 1.807) is 11.0 Å². The molecule has 0 bridgehead atoms. The van der Waals surface area contributed by atoms with Crippen LogP contribution in [-0.4, -0.2) is 29.7 Å². The highest BCUT2D eigenvalue weighted by Gasteiger charge is 2.26. The van der Waals surface area contributed by atoms with Crippen LogP contribution in [-0.2, 0) is 4.74 Å². The molecule has 0 radical (unpaired) electrons. The lowest BCUT2D eigenvalue weighted by molar-refractivity contribution is 0.0186. The summed E-state index contributed by atoms with van der Waals surface area (Å²) in [5.74, 6) is 0.0515. The maximum Gasteiger partial charge on any atom is 0.410 e. The Bertz CT molecular complexity index is 433. The van der Waals surface area contributed by atoms with Crippen molar-refractivity contribution in [2.45, 2.75) is 39.2 Å². The lowest BCUT2D eigenvalue weighted by Gasteiger charge is -2.33. The molecule has 1 aliphatic heterocycles. The van der Waals surface area contributed by atoms with Gasteiger partial charge in [0.2, 0.25) is 0 Å².